The standard InChI is InChI=1S/C23H26ClN8O2PS/c24-17-20(35)29-18(25)16(28-17)19(33)30-22-27-11-23(31-22)5-7-32(8-6-23)21(34)15(36)9-12-10-26-14-4-2-1-3-13(12)14/h1-4,10,15,26,36H,5-9,11,35H2,(H2,25,29)(H2,27,30,31,33). The highest BCUT2D eigenvalue weighted by Gasteiger charge is 2.41. The summed E-state index contributed by atoms with van der Waals surface area (Å²) in [5.74, 6) is -0.301. The van der Waals surface area contributed by atoms with Gasteiger partial charge < -0.3 is 26.3 Å². The molecular formula is C23H26ClN8O2PS. The number of anilines is 1. The summed E-state index contributed by atoms with van der Waals surface area (Å²) in [6.07, 6.45) is 3.93. The van der Waals surface area contributed by atoms with Crippen molar-refractivity contribution in [2.75, 3.05) is 25.4 Å². The van der Waals surface area contributed by atoms with E-state index in [0.717, 1.165) is 16.5 Å². The van der Waals surface area contributed by atoms with Gasteiger partial charge in [0, 0.05) is 36.7 Å². The molecule has 0 saturated carbocycles. The van der Waals surface area contributed by atoms with Crippen LogP contribution in [0.2, 0.25) is 5.15 Å². The van der Waals surface area contributed by atoms with Crippen molar-refractivity contribution in [2.45, 2.75) is 30.1 Å². The fraction of sp³-hybridized carbons (Fsp3) is 0.348. The van der Waals surface area contributed by atoms with Crippen molar-refractivity contribution in [1.82, 2.24) is 30.5 Å². The summed E-state index contributed by atoms with van der Waals surface area (Å²) in [7, 11) is 2.31. The Labute approximate surface area is 220 Å². The molecule has 2 aromatic heterocycles. The number of para-hydroxylation sites is 1. The molecule has 0 bridgehead atoms. The van der Waals surface area contributed by atoms with Crippen molar-refractivity contribution in [3.8, 4) is 0 Å². The average molecular weight is 545 g/mol. The van der Waals surface area contributed by atoms with Crippen molar-refractivity contribution < 1.29 is 9.59 Å². The number of nitrogens with one attached hydrogen (secondary N) is 3. The third-order valence-corrected chi connectivity index (χ3v) is 7.97. The smallest absolute Gasteiger partial charge is 0.302 e. The predicted octanol–water partition coefficient (Wildman–Crippen LogP) is 1.29. The number of rotatable bonds is 4. The maximum atomic E-state index is 13.1. The van der Waals surface area contributed by atoms with Gasteiger partial charge in [0.15, 0.2) is 22.6 Å². The topological polar surface area (TPSA) is 141 Å². The van der Waals surface area contributed by atoms with Crippen molar-refractivity contribution >= 4 is 73.4 Å². The molecule has 0 aliphatic carbocycles. The number of thiol groups is 1. The van der Waals surface area contributed by atoms with E-state index in [1.165, 1.54) is 0 Å². The van der Waals surface area contributed by atoms with Gasteiger partial charge in [-0.25, -0.2) is 9.97 Å². The van der Waals surface area contributed by atoms with Gasteiger partial charge in [0.1, 0.15) is 0 Å². The van der Waals surface area contributed by atoms with Crippen LogP contribution < -0.4 is 21.8 Å². The number of nitrogen functional groups attached to an aromatic ring is 1. The van der Waals surface area contributed by atoms with Crippen molar-refractivity contribution in [1.29, 1.82) is 0 Å². The quantitative estimate of drug-likeness (QED) is 0.246. The molecule has 3 aromatic rings. The van der Waals surface area contributed by atoms with Crippen molar-refractivity contribution in [3.63, 3.8) is 0 Å². The Bertz CT molecular complexity index is 1370. The number of aliphatic imine (C=N–C) groups is 1. The third kappa shape index (κ3) is 4.87. The molecule has 5 rings (SSSR count). The summed E-state index contributed by atoms with van der Waals surface area (Å²) >= 11 is 10.6. The predicted molar refractivity (Wildman–Crippen MR) is 147 cm³/mol. The maximum absolute atomic E-state index is 13.1. The molecule has 1 aromatic carbocycles. The Morgan fingerprint density at radius 1 is 1.28 bits per heavy atom. The first-order valence-corrected chi connectivity index (χ1v) is 13.0. The first-order valence-electron chi connectivity index (χ1n) is 11.5. The Balaban J connectivity index is 1.18. The molecule has 2 amide bonds. The zero-order valence-corrected chi connectivity index (χ0v) is 22.1. The molecule has 2 aliphatic rings. The fourth-order valence-electron chi connectivity index (χ4n) is 4.68. The lowest BCUT2D eigenvalue weighted by atomic mass is 9.88. The number of piperidine rings is 1. The highest BCUT2D eigenvalue weighted by molar-refractivity contribution is 7.81. The number of aromatic amines is 1. The summed E-state index contributed by atoms with van der Waals surface area (Å²) < 4.78 is 0. The van der Waals surface area contributed by atoms with Gasteiger partial charge in [-0.15, -0.1) is 0 Å². The third-order valence-electron chi connectivity index (χ3n) is 6.70. The van der Waals surface area contributed by atoms with Gasteiger partial charge in [0.25, 0.3) is 0 Å². The Morgan fingerprint density at radius 3 is 2.81 bits per heavy atom. The molecule has 0 radical (unpaired) electrons. The van der Waals surface area contributed by atoms with Crippen LogP contribution in [0.1, 0.15) is 28.9 Å². The van der Waals surface area contributed by atoms with E-state index in [1.54, 1.807) is 0 Å². The number of hydrogen-bond acceptors (Lipinski definition) is 6. The maximum Gasteiger partial charge on any atom is 0.302 e. The number of benzene rings is 1. The number of carbonyl (C=O) groups is 2. The minimum Gasteiger partial charge on any atom is -0.382 e. The van der Waals surface area contributed by atoms with E-state index >= 15 is 0 Å². The molecule has 5 N–H and O–H groups in total. The molecule has 13 heteroatoms. The molecule has 4 heterocycles. The minimum absolute atomic E-state index is 0.0250. The highest BCUT2D eigenvalue weighted by Crippen LogP contribution is 2.27. The number of carbonyl (C=O) groups excluding carboxylic acids is 2. The largest absolute Gasteiger partial charge is 0.382 e. The molecule has 2 aliphatic heterocycles. The van der Waals surface area contributed by atoms with E-state index in [0.29, 0.717) is 50.3 Å². The molecule has 2 atom stereocenters. The molecular weight excluding hydrogens is 519 g/mol. The van der Waals surface area contributed by atoms with Crippen LogP contribution >= 0.6 is 33.5 Å². The van der Waals surface area contributed by atoms with Gasteiger partial charge in [0.05, 0.1) is 16.2 Å². The zero-order chi connectivity index (χ0) is 25.4. The van der Waals surface area contributed by atoms with Crippen LogP contribution in [0.4, 0.5) is 5.82 Å². The molecule has 2 unspecified atom stereocenters. The SMILES string of the molecule is Nc1nc(P)c(Cl)nc1C(=O)/N=C1\NCC2(CCN(C(=O)C(S)Cc3c[nH]c4ccccc34)CC2)N1. The fourth-order valence-corrected chi connectivity index (χ4v) is 5.37. The number of likely N-dealkylation sites (tertiary alicyclic amines) is 1. The monoisotopic (exact) mass is 544 g/mol. The molecule has 2 saturated heterocycles. The van der Waals surface area contributed by atoms with E-state index < -0.39 is 11.2 Å². The number of nitrogens with two attached hydrogens (primary N) is 1. The van der Waals surface area contributed by atoms with Gasteiger partial charge in [-0.1, -0.05) is 39.0 Å². The minimum atomic E-state index is -0.637. The van der Waals surface area contributed by atoms with Crippen LogP contribution in [0.15, 0.2) is 35.5 Å². The number of hydrogen-bond donors (Lipinski definition) is 5. The number of aromatic nitrogens is 3. The van der Waals surface area contributed by atoms with Gasteiger partial charge in [0.2, 0.25) is 5.91 Å². The lowest BCUT2D eigenvalue weighted by molar-refractivity contribution is -0.132. The van der Waals surface area contributed by atoms with Gasteiger partial charge >= 0.3 is 5.91 Å². The molecule has 188 valence electrons. The summed E-state index contributed by atoms with van der Waals surface area (Å²) in [5, 5.41) is 7.24. The zero-order valence-electron chi connectivity index (χ0n) is 19.3. The number of nitrogens with zero attached hydrogens (tertiary/aromatic N) is 4. The molecule has 2 fully saturated rings. The second-order valence-electron chi connectivity index (χ2n) is 9.06. The van der Waals surface area contributed by atoms with E-state index in [2.05, 4.69) is 52.4 Å². The van der Waals surface area contributed by atoms with Crippen molar-refractivity contribution in [3.05, 3.63) is 46.9 Å². The second kappa shape index (κ2) is 9.88. The summed E-state index contributed by atoms with van der Waals surface area (Å²) in [4.78, 5) is 42.9. The molecule has 1 spiro atoms. The van der Waals surface area contributed by atoms with Crippen LogP contribution in [0.25, 0.3) is 10.9 Å². The Kier molecular flexibility index (Phi) is 6.80. The Hall–Kier alpha value is -2.88. The number of amides is 2. The summed E-state index contributed by atoms with van der Waals surface area (Å²) in [6, 6.07) is 8.04. The lowest BCUT2D eigenvalue weighted by Crippen LogP contribution is -2.55. The van der Waals surface area contributed by atoms with Crippen LogP contribution in [0, 0.1) is 0 Å². The normalized spacial score (nSPS) is 18.9. The number of H-pyrrole nitrogens is 1. The molecule has 10 nitrogen and oxygen atoms in total. The number of halogens is 1. The first kappa shape index (κ1) is 24.8. The average Bonchev–Trinajstić information content (AvgIpc) is 3.45. The first-order chi connectivity index (χ1) is 17.2. The second-order valence-corrected chi connectivity index (χ2v) is 10.6. The Morgan fingerprint density at radius 2 is 2.03 bits per heavy atom. The van der Waals surface area contributed by atoms with E-state index in [9.17, 15) is 9.59 Å². The van der Waals surface area contributed by atoms with Crippen LogP contribution in [-0.4, -0.2) is 68.0 Å². The van der Waals surface area contributed by atoms with Gasteiger partial charge in [-0.05, 0) is 30.9 Å². The van der Waals surface area contributed by atoms with Crippen molar-refractivity contribution in [2.24, 2.45) is 4.99 Å². The van der Waals surface area contributed by atoms with E-state index in [1.807, 2.05) is 35.4 Å². The van der Waals surface area contributed by atoms with Crippen LogP contribution in [0.5, 0.6) is 0 Å². The van der Waals surface area contributed by atoms with Crippen LogP contribution in [0.3, 0.4) is 0 Å². The molecule has 36 heavy (non-hydrogen) atoms. The number of guanidine groups is 1. The summed E-state index contributed by atoms with van der Waals surface area (Å²) in [6.45, 7) is 1.76. The number of fused-ring (bicyclic) bond motifs is 1. The lowest BCUT2D eigenvalue weighted by Gasteiger charge is -2.39. The van der Waals surface area contributed by atoms with E-state index in [-0.39, 0.29) is 28.1 Å². The summed E-state index contributed by atoms with van der Waals surface area (Å²) in [5.41, 5.74) is 7.92. The highest BCUT2D eigenvalue weighted by atomic mass is 35.5. The van der Waals surface area contributed by atoms with E-state index in [4.69, 9.17) is 17.3 Å². The van der Waals surface area contributed by atoms with Gasteiger partial charge in [-0.3, -0.25) is 9.59 Å². The van der Waals surface area contributed by atoms with Crippen LogP contribution in [-0.2, 0) is 11.2 Å². The van der Waals surface area contributed by atoms with Gasteiger partial charge in [-0.2, -0.15) is 17.6 Å².